The van der Waals surface area contributed by atoms with Crippen molar-refractivity contribution in [3.8, 4) is 0 Å². The van der Waals surface area contributed by atoms with E-state index < -0.39 is 0 Å². The van der Waals surface area contributed by atoms with Crippen molar-refractivity contribution < 1.29 is 4.79 Å². The van der Waals surface area contributed by atoms with E-state index in [0.717, 1.165) is 5.56 Å². The fraction of sp³-hybridized carbons (Fsp3) is 0.533. The summed E-state index contributed by atoms with van der Waals surface area (Å²) in [6, 6.07) is 5.73. The SMILES string of the molecule is Cc1ccc(N)cc1C(=O)NC(C)C1CCCC1. The van der Waals surface area contributed by atoms with Crippen molar-refractivity contribution in [1.82, 2.24) is 5.32 Å². The standard InChI is InChI=1S/C15H22N2O/c1-10-7-8-13(16)9-14(10)15(18)17-11(2)12-5-3-4-6-12/h7-9,11-12H,3-6,16H2,1-2H3,(H,17,18). The van der Waals surface area contributed by atoms with Crippen molar-refractivity contribution in [3.05, 3.63) is 29.3 Å². The maximum Gasteiger partial charge on any atom is 0.251 e. The molecule has 1 aromatic rings. The predicted molar refractivity (Wildman–Crippen MR) is 74.5 cm³/mol. The summed E-state index contributed by atoms with van der Waals surface area (Å²) in [5.74, 6) is 0.634. The molecule has 0 bridgehead atoms. The van der Waals surface area contributed by atoms with Crippen molar-refractivity contribution in [2.45, 2.75) is 45.6 Å². The van der Waals surface area contributed by atoms with Crippen LogP contribution in [0.15, 0.2) is 18.2 Å². The smallest absolute Gasteiger partial charge is 0.251 e. The van der Waals surface area contributed by atoms with E-state index in [2.05, 4.69) is 12.2 Å². The van der Waals surface area contributed by atoms with Gasteiger partial charge in [0.2, 0.25) is 0 Å². The van der Waals surface area contributed by atoms with Crippen LogP contribution >= 0.6 is 0 Å². The molecule has 1 atom stereocenters. The Morgan fingerprint density at radius 1 is 1.39 bits per heavy atom. The van der Waals surface area contributed by atoms with Gasteiger partial charge in [0.15, 0.2) is 0 Å². The Kier molecular flexibility index (Phi) is 3.90. The van der Waals surface area contributed by atoms with Gasteiger partial charge in [0.1, 0.15) is 0 Å². The van der Waals surface area contributed by atoms with Gasteiger partial charge in [-0.1, -0.05) is 18.9 Å². The Labute approximate surface area is 109 Å². The van der Waals surface area contributed by atoms with E-state index in [-0.39, 0.29) is 11.9 Å². The molecule has 2 rings (SSSR count). The number of rotatable bonds is 3. The molecule has 0 heterocycles. The van der Waals surface area contributed by atoms with E-state index in [4.69, 9.17) is 5.73 Å². The molecule has 1 unspecified atom stereocenters. The molecule has 3 nitrogen and oxygen atoms in total. The highest BCUT2D eigenvalue weighted by molar-refractivity contribution is 5.96. The number of nitrogens with one attached hydrogen (secondary N) is 1. The van der Waals surface area contributed by atoms with Crippen LogP contribution in [0.25, 0.3) is 0 Å². The predicted octanol–water partition coefficient (Wildman–Crippen LogP) is 2.89. The Hall–Kier alpha value is -1.51. The van der Waals surface area contributed by atoms with Crippen LogP contribution in [0.5, 0.6) is 0 Å². The van der Waals surface area contributed by atoms with Gasteiger partial charge >= 0.3 is 0 Å². The summed E-state index contributed by atoms with van der Waals surface area (Å²) in [4.78, 5) is 12.2. The third kappa shape index (κ3) is 2.84. The van der Waals surface area contributed by atoms with E-state index in [1.807, 2.05) is 19.1 Å². The van der Waals surface area contributed by atoms with E-state index in [1.165, 1.54) is 25.7 Å². The van der Waals surface area contributed by atoms with Crippen molar-refractivity contribution in [2.75, 3.05) is 5.73 Å². The molecular weight excluding hydrogens is 224 g/mol. The molecule has 1 aromatic carbocycles. The van der Waals surface area contributed by atoms with Gasteiger partial charge in [-0.3, -0.25) is 4.79 Å². The lowest BCUT2D eigenvalue weighted by molar-refractivity contribution is 0.0926. The first-order chi connectivity index (χ1) is 8.58. The van der Waals surface area contributed by atoms with Crippen LogP contribution in [0.4, 0.5) is 5.69 Å². The quantitative estimate of drug-likeness (QED) is 0.806. The maximum absolute atomic E-state index is 12.2. The van der Waals surface area contributed by atoms with Crippen LogP contribution in [0, 0.1) is 12.8 Å². The van der Waals surface area contributed by atoms with E-state index in [9.17, 15) is 4.79 Å². The van der Waals surface area contributed by atoms with Crippen molar-refractivity contribution in [2.24, 2.45) is 5.92 Å². The number of nitrogen functional groups attached to an aromatic ring is 1. The third-order valence-corrected chi connectivity index (χ3v) is 3.97. The molecular formula is C15H22N2O. The number of hydrogen-bond acceptors (Lipinski definition) is 2. The monoisotopic (exact) mass is 246 g/mol. The zero-order valence-corrected chi connectivity index (χ0v) is 11.2. The molecule has 1 fully saturated rings. The van der Waals surface area contributed by atoms with E-state index in [0.29, 0.717) is 17.2 Å². The normalized spacial score (nSPS) is 17.7. The molecule has 0 saturated heterocycles. The highest BCUT2D eigenvalue weighted by Gasteiger charge is 2.23. The van der Waals surface area contributed by atoms with Gasteiger partial charge in [0, 0.05) is 17.3 Å². The molecule has 0 radical (unpaired) electrons. The van der Waals surface area contributed by atoms with Crippen LogP contribution in [0.2, 0.25) is 0 Å². The summed E-state index contributed by atoms with van der Waals surface area (Å²) < 4.78 is 0. The molecule has 1 aliphatic carbocycles. The fourth-order valence-electron chi connectivity index (χ4n) is 2.74. The molecule has 0 aromatic heterocycles. The molecule has 18 heavy (non-hydrogen) atoms. The third-order valence-electron chi connectivity index (χ3n) is 3.97. The van der Waals surface area contributed by atoms with Crippen LogP contribution in [-0.4, -0.2) is 11.9 Å². The molecule has 1 saturated carbocycles. The Morgan fingerprint density at radius 2 is 2.06 bits per heavy atom. The molecule has 0 spiro atoms. The second-order valence-corrected chi connectivity index (χ2v) is 5.38. The summed E-state index contributed by atoms with van der Waals surface area (Å²) in [6.45, 7) is 4.05. The molecule has 1 amide bonds. The number of amides is 1. The van der Waals surface area contributed by atoms with Gasteiger partial charge in [-0.2, -0.15) is 0 Å². The van der Waals surface area contributed by atoms with Gasteiger partial charge in [0.05, 0.1) is 0 Å². The number of benzene rings is 1. The maximum atomic E-state index is 12.2. The van der Waals surface area contributed by atoms with Crippen LogP contribution in [0.3, 0.4) is 0 Å². The minimum Gasteiger partial charge on any atom is -0.399 e. The number of carbonyl (C=O) groups is 1. The van der Waals surface area contributed by atoms with E-state index >= 15 is 0 Å². The Bertz CT molecular complexity index is 436. The van der Waals surface area contributed by atoms with Gasteiger partial charge in [-0.15, -0.1) is 0 Å². The summed E-state index contributed by atoms with van der Waals surface area (Å²) >= 11 is 0. The second kappa shape index (κ2) is 5.42. The van der Waals surface area contributed by atoms with Gasteiger partial charge < -0.3 is 11.1 Å². The highest BCUT2D eigenvalue weighted by Crippen LogP contribution is 2.27. The van der Waals surface area contributed by atoms with E-state index in [1.54, 1.807) is 6.07 Å². The first-order valence-electron chi connectivity index (χ1n) is 6.75. The van der Waals surface area contributed by atoms with Gasteiger partial charge in [-0.25, -0.2) is 0 Å². The highest BCUT2D eigenvalue weighted by atomic mass is 16.1. The topological polar surface area (TPSA) is 55.1 Å². The van der Waals surface area contributed by atoms with Crippen LogP contribution < -0.4 is 11.1 Å². The fourth-order valence-corrected chi connectivity index (χ4v) is 2.74. The summed E-state index contributed by atoms with van der Waals surface area (Å²) in [5.41, 5.74) is 8.04. The van der Waals surface area contributed by atoms with Gasteiger partial charge in [-0.05, 0) is 50.3 Å². The summed E-state index contributed by atoms with van der Waals surface area (Å²) in [6.07, 6.45) is 5.05. The average Bonchev–Trinajstić information content (AvgIpc) is 2.85. The number of anilines is 1. The van der Waals surface area contributed by atoms with Crippen LogP contribution in [0.1, 0.15) is 48.5 Å². The Balaban J connectivity index is 2.04. The number of aryl methyl sites for hydroxylation is 1. The first-order valence-corrected chi connectivity index (χ1v) is 6.75. The minimum atomic E-state index is -0.000741. The number of hydrogen-bond donors (Lipinski definition) is 2. The van der Waals surface area contributed by atoms with Gasteiger partial charge in [0.25, 0.3) is 5.91 Å². The molecule has 1 aliphatic rings. The largest absolute Gasteiger partial charge is 0.399 e. The molecule has 98 valence electrons. The summed E-state index contributed by atoms with van der Waals surface area (Å²) in [5, 5.41) is 3.11. The zero-order chi connectivity index (χ0) is 13.1. The average molecular weight is 246 g/mol. The molecule has 3 heteroatoms. The lowest BCUT2D eigenvalue weighted by atomic mass is 9.99. The zero-order valence-electron chi connectivity index (χ0n) is 11.2. The van der Waals surface area contributed by atoms with Crippen LogP contribution in [-0.2, 0) is 0 Å². The lowest BCUT2D eigenvalue weighted by Crippen LogP contribution is -2.37. The first kappa shape index (κ1) is 12.9. The minimum absolute atomic E-state index is 0.000741. The molecule has 3 N–H and O–H groups in total. The number of carbonyl (C=O) groups excluding carboxylic acids is 1. The van der Waals surface area contributed by atoms with Crippen molar-refractivity contribution >= 4 is 11.6 Å². The molecule has 0 aliphatic heterocycles. The van der Waals surface area contributed by atoms with Crippen molar-refractivity contribution in [1.29, 1.82) is 0 Å². The lowest BCUT2D eigenvalue weighted by Gasteiger charge is -2.21. The Morgan fingerprint density at radius 3 is 2.72 bits per heavy atom. The van der Waals surface area contributed by atoms with Crippen molar-refractivity contribution in [3.63, 3.8) is 0 Å². The second-order valence-electron chi connectivity index (χ2n) is 5.38. The number of nitrogens with two attached hydrogens (primary N) is 1. The summed E-state index contributed by atoms with van der Waals surface area (Å²) in [7, 11) is 0.